The summed E-state index contributed by atoms with van der Waals surface area (Å²) in [5, 5.41) is 9.91. The van der Waals surface area contributed by atoms with Gasteiger partial charge in [-0.05, 0) is 32.2 Å². The van der Waals surface area contributed by atoms with Gasteiger partial charge in [-0.25, -0.2) is 9.98 Å². The first-order valence-electron chi connectivity index (χ1n) is 7.16. The lowest BCUT2D eigenvalue weighted by Gasteiger charge is -2.10. The van der Waals surface area contributed by atoms with Crippen molar-refractivity contribution in [3.8, 4) is 0 Å². The van der Waals surface area contributed by atoms with Crippen molar-refractivity contribution < 1.29 is 0 Å². The average Bonchev–Trinajstić information content (AvgIpc) is 3.07. The number of rotatable bonds is 6. The van der Waals surface area contributed by atoms with Gasteiger partial charge in [0.1, 0.15) is 0 Å². The van der Waals surface area contributed by atoms with Gasteiger partial charge in [0.05, 0.1) is 17.2 Å². The Morgan fingerprint density at radius 2 is 2.14 bits per heavy atom. The Bertz CT molecular complexity index is 559. The van der Waals surface area contributed by atoms with Gasteiger partial charge in [0.25, 0.3) is 0 Å². The van der Waals surface area contributed by atoms with Crippen molar-refractivity contribution in [2.24, 2.45) is 4.99 Å². The zero-order valence-electron chi connectivity index (χ0n) is 13.2. The van der Waals surface area contributed by atoms with Crippen molar-refractivity contribution in [3.63, 3.8) is 0 Å². The van der Waals surface area contributed by atoms with Crippen LogP contribution in [0.2, 0.25) is 0 Å². The summed E-state index contributed by atoms with van der Waals surface area (Å²) in [4.78, 5) is 11.7. The summed E-state index contributed by atoms with van der Waals surface area (Å²) < 4.78 is 0. The van der Waals surface area contributed by atoms with Gasteiger partial charge < -0.3 is 10.6 Å². The van der Waals surface area contributed by atoms with E-state index in [1.54, 1.807) is 22.7 Å². The predicted molar refractivity (Wildman–Crippen MR) is 108 cm³/mol. The average molecular weight is 450 g/mol. The molecule has 0 aliphatic carbocycles. The van der Waals surface area contributed by atoms with E-state index in [4.69, 9.17) is 0 Å². The summed E-state index contributed by atoms with van der Waals surface area (Å²) in [6.07, 6.45) is 0.933. The molecule has 0 saturated carbocycles. The zero-order chi connectivity index (χ0) is 15.1. The number of guanidine groups is 1. The molecule has 122 valence electrons. The Morgan fingerprint density at radius 3 is 2.73 bits per heavy atom. The minimum Gasteiger partial charge on any atom is -0.357 e. The lowest BCUT2D eigenvalue weighted by molar-refractivity contribution is 0.796. The van der Waals surface area contributed by atoms with Crippen molar-refractivity contribution in [2.45, 2.75) is 33.7 Å². The summed E-state index contributed by atoms with van der Waals surface area (Å²) >= 11 is 3.52. The SMILES string of the molecule is CCNC(=NCc1cccs1)NCCc1nc(C)c(C)s1.I. The van der Waals surface area contributed by atoms with Crippen LogP contribution in [0.1, 0.15) is 27.4 Å². The van der Waals surface area contributed by atoms with Crippen molar-refractivity contribution >= 4 is 52.6 Å². The number of nitrogens with zero attached hydrogens (tertiary/aromatic N) is 2. The maximum atomic E-state index is 4.60. The molecule has 2 heterocycles. The second-order valence-electron chi connectivity index (χ2n) is 4.70. The van der Waals surface area contributed by atoms with Crippen molar-refractivity contribution in [1.29, 1.82) is 0 Å². The maximum Gasteiger partial charge on any atom is 0.191 e. The minimum absolute atomic E-state index is 0. The molecule has 0 radical (unpaired) electrons. The van der Waals surface area contributed by atoms with Crippen LogP contribution in [-0.2, 0) is 13.0 Å². The van der Waals surface area contributed by atoms with E-state index < -0.39 is 0 Å². The number of hydrogen-bond acceptors (Lipinski definition) is 4. The Balaban J connectivity index is 0.00000242. The third-order valence-corrected chi connectivity index (χ3v) is 5.02. The molecule has 0 fully saturated rings. The topological polar surface area (TPSA) is 49.3 Å². The number of thiophene rings is 1. The number of aromatic nitrogens is 1. The number of nitrogens with one attached hydrogen (secondary N) is 2. The quantitative estimate of drug-likeness (QED) is 0.401. The molecule has 0 amide bonds. The highest BCUT2D eigenvalue weighted by molar-refractivity contribution is 14.0. The fourth-order valence-corrected chi connectivity index (χ4v) is 3.40. The molecule has 22 heavy (non-hydrogen) atoms. The highest BCUT2D eigenvalue weighted by Crippen LogP contribution is 2.16. The highest BCUT2D eigenvalue weighted by atomic mass is 127. The molecule has 0 bridgehead atoms. The molecule has 2 aromatic heterocycles. The van der Waals surface area contributed by atoms with Gasteiger partial charge in [0, 0.05) is 29.3 Å². The van der Waals surface area contributed by atoms with E-state index in [2.05, 4.69) is 58.9 Å². The minimum atomic E-state index is 0. The lowest BCUT2D eigenvalue weighted by Crippen LogP contribution is -2.38. The first-order valence-corrected chi connectivity index (χ1v) is 8.86. The Kier molecular flexibility index (Phi) is 8.96. The molecule has 0 aliphatic heterocycles. The second-order valence-corrected chi connectivity index (χ2v) is 7.02. The van der Waals surface area contributed by atoms with E-state index in [0.717, 1.165) is 37.7 Å². The third-order valence-electron chi connectivity index (χ3n) is 3.02. The molecular weight excluding hydrogens is 427 g/mol. The van der Waals surface area contributed by atoms with E-state index >= 15 is 0 Å². The summed E-state index contributed by atoms with van der Waals surface area (Å²) in [7, 11) is 0. The highest BCUT2D eigenvalue weighted by Gasteiger charge is 2.04. The van der Waals surface area contributed by atoms with Gasteiger partial charge in [-0.15, -0.1) is 46.7 Å². The third kappa shape index (κ3) is 6.21. The molecule has 0 unspecified atom stereocenters. The van der Waals surface area contributed by atoms with Crippen LogP contribution < -0.4 is 10.6 Å². The van der Waals surface area contributed by atoms with Crippen molar-refractivity contribution in [1.82, 2.24) is 15.6 Å². The molecule has 0 saturated heterocycles. The van der Waals surface area contributed by atoms with Gasteiger partial charge in [-0.2, -0.15) is 0 Å². The lowest BCUT2D eigenvalue weighted by atomic mass is 10.4. The number of halogens is 1. The van der Waals surface area contributed by atoms with Crippen LogP contribution in [0.25, 0.3) is 0 Å². The van der Waals surface area contributed by atoms with Gasteiger partial charge in [0.2, 0.25) is 0 Å². The van der Waals surface area contributed by atoms with Crippen LogP contribution >= 0.6 is 46.7 Å². The van der Waals surface area contributed by atoms with Crippen LogP contribution in [0, 0.1) is 13.8 Å². The molecule has 2 rings (SSSR count). The van der Waals surface area contributed by atoms with Crippen LogP contribution in [0.5, 0.6) is 0 Å². The molecule has 7 heteroatoms. The zero-order valence-corrected chi connectivity index (χ0v) is 17.1. The Hall–Kier alpha value is -0.670. The molecule has 0 atom stereocenters. The largest absolute Gasteiger partial charge is 0.357 e. The number of hydrogen-bond donors (Lipinski definition) is 2. The molecule has 2 aromatic rings. The summed E-state index contributed by atoms with van der Waals surface area (Å²) in [5.41, 5.74) is 1.15. The second kappa shape index (κ2) is 10.2. The van der Waals surface area contributed by atoms with Gasteiger partial charge in [-0.1, -0.05) is 6.07 Å². The van der Waals surface area contributed by atoms with E-state index in [1.807, 2.05) is 0 Å². The van der Waals surface area contributed by atoms with Gasteiger partial charge in [0.15, 0.2) is 5.96 Å². The monoisotopic (exact) mass is 450 g/mol. The Morgan fingerprint density at radius 1 is 1.32 bits per heavy atom. The van der Waals surface area contributed by atoms with Crippen LogP contribution in [0.15, 0.2) is 22.5 Å². The standard InChI is InChI=1S/C15H22N4S2.HI/c1-4-16-15(18-10-13-6-5-9-20-13)17-8-7-14-19-11(2)12(3)21-14;/h5-6,9H,4,7-8,10H2,1-3H3,(H2,16,17,18);1H. The summed E-state index contributed by atoms with van der Waals surface area (Å²) in [6.45, 7) is 8.71. The summed E-state index contributed by atoms with van der Waals surface area (Å²) in [5.74, 6) is 0.871. The fourth-order valence-electron chi connectivity index (χ4n) is 1.84. The van der Waals surface area contributed by atoms with E-state index in [0.29, 0.717) is 0 Å². The smallest absolute Gasteiger partial charge is 0.191 e. The molecule has 0 aromatic carbocycles. The van der Waals surface area contributed by atoms with E-state index in [-0.39, 0.29) is 24.0 Å². The van der Waals surface area contributed by atoms with Gasteiger partial charge in [-0.3, -0.25) is 0 Å². The molecular formula is C15H23IN4S2. The van der Waals surface area contributed by atoms with Crippen LogP contribution in [-0.4, -0.2) is 24.0 Å². The van der Waals surface area contributed by atoms with Crippen LogP contribution in [0.3, 0.4) is 0 Å². The number of aliphatic imine (C=N–C) groups is 1. The molecule has 4 nitrogen and oxygen atoms in total. The number of thiazole rings is 1. The first kappa shape index (κ1) is 19.4. The van der Waals surface area contributed by atoms with E-state index in [9.17, 15) is 0 Å². The van der Waals surface area contributed by atoms with E-state index in [1.165, 1.54) is 14.8 Å². The number of aryl methyl sites for hydroxylation is 2. The maximum absolute atomic E-state index is 4.60. The first-order chi connectivity index (χ1) is 10.2. The van der Waals surface area contributed by atoms with Crippen molar-refractivity contribution in [3.05, 3.63) is 38.0 Å². The molecule has 0 aliphatic rings. The van der Waals surface area contributed by atoms with Crippen molar-refractivity contribution in [2.75, 3.05) is 13.1 Å². The van der Waals surface area contributed by atoms with Gasteiger partial charge >= 0.3 is 0 Å². The molecule has 2 N–H and O–H groups in total. The molecule has 0 spiro atoms. The van der Waals surface area contributed by atoms with Crippen LogP contribution in [0.4, 0.5) is 0 Å². The normalized spacial score (nSPS) is 11.1. The summed E-state index contributed by atoms with van der Waals surface area (Å²) in [6, 6.07) is 4.17. The Labute approximate surface area is 157 Å². The fraction of sp³-hybridized carbons (Fsp3) is 0.467. The predicted octanol–water partition coefficient (Wildman–Crippen LogP) is 3.74.